The molecule has 170 valence electrons. The molecule has 1 heterocycles. The van der Waals surface area contributed by atoms with E-state index in [9.17, 15) is 32.3 Å². The van der Waals surface area contributed by atoms with Crippen molar-refractivity contribution in [2.45, 2.75) is 17.9 Å². The van der Waals surface area contributed by atoms with E-state index >= 15 is 4.39 Å². The van der Waals surface area contributed by atoms with Gasteiger partial charge in [-0.25, -0.2) is 18.6 Å². The largest absolute Gasteiger partial charge is 0.429 e. The number of thiazole rings is 1. The third kappa shape index (κ3) is 4.48. The molecule has 0 aliphatic carbocycles. The first kappa shape index (κ1) is 23.3. The minimum atomic E-state index is -5.60. The summed E-state index contributed by atoms with van der Waals surface area (Å²) in [6, 6.07) is 6.77. The molecule has 0 saturated heterocycles. The van der Waals surface area contributed by atoms with Gasteiger partial charge in [-0.3, -0.25) is 10.1 Å². The topological polar surface area (TPSA) is 103 Å². The molecule has 0 bridgehead atoms. The summed E-state index contributed by atoms with van der Waals surface area (Å²) in [6.07, 6.45) is -8.65. The molecule has 0 spiro atoms. The second kappa shape index (κ2) is 8.67. The molecule has 0 radical (unpaired) electrons. The summed E-state index contributed by atoms with van der Waals surface area (Å²) in [6.45, 7) is 0. The number of nitrogens with zero attached hydrogens (tertiary/aromatic N) is 1. The number of likely N-dealkylation sites (N-methyl/N-ethyl adjacent to an activating group) is 1. The summed E-state index contributed by atoms with van der Waals surface area (Å²) in [7, 11) is 0.962. The number of amides is 3. The smallest absolute Gasteiger partial charge is 0.379 e. The fourth-order valence-corrected chi connectivity index (χ4v) is 3.69. The van der Waals surface area contributed by atoms with Gasteiger partial charge in [-0.15, -0.1) is 0 Å². The molecule has 4 N–H and O–H groups in total. The Kier molecular flexibility index (Phi) is 6.32. The van der Waals surface area contributed by atoms with Crippen LogP contribution in [-0.4, -0.2) is 41.4 Å². The molecule has 7 nitrogen and oxygen atoms in total. The van der Waals surface area contributed by atoms with Crippen LogP contribution in [0.1, 0.15) is 5.56 Å². The predicted octanol–water partition coefficient (Wildman–Crippen LogP) is 3.91. The second-order valence-electron chi connectivity index (χ2n) is 6.51. The van der Waals surface area contributed by atoms with Gasteiger partial charge in [0.15, 0.2) is 11.2 Å². The molecule has 32 heavy (non-hydrogen) atoms. The van der Waals surface area contributed by atoms with Crippen molar-refractivity contribution < 1.29 is 36.6 Å². The first-order valence-corrected chi connectivity index (χ1v) is 9.67. The van der Waals surface area contributed by atoms with Crippen LogP contribution in [0.4, 0.5) is 37.6 Å². The highest BCUT2D eigenvalue weighted by Crippen LogP contribution is 2.46. The Morgan fingerprint density at radius 3 is 2.31 bits per heavy atom. The van der Waals surface area contributed by atoms with Crippen molar-refractivity contribution in [1.29, 1.82) is 0 Å². The first-order chi connectivity index (χ1) is 15.0. The Morgan fingerprint density at radius 1 is 1.06 bits per heavy atom. The maximum absolute atomic E-state index is 15.1. The standard InChI is InChI=1S/C19H15F5N4O3S/c1-25-15(30)14(29)18(21,19(22,23)24)9-2-7-12-13(8-9)32-17(27-12)28-16(31)26-11-5-3-10(20)4-6-11/h2-8,14,29H,1H3,(H,25,30)(H2,26,27,28,31). The molecule has 2 atom stereocenters. The highest BCUT2D eigenvalue weighted by molar-refractivity contribution is 7.22. The van der Waals surface area contributed by atoms with Gasteiger partial charge in [-0.1, -0.05) is 17.4 Å². The molecule has 0 saturated carbocycles. The number of rotatable bonds is 5. The van der Waals surface area contributed by atoms with Gasteiger partial charge < -0.3 is 15.7 Å². The fourth-order valence-electron chi connectivity index (χ4n) is 2.79. The van der Waals surface area contributed by atoms with Gasteiger partial charge in [0.1, 0.15) is 5.82 Å². The lowest BCUT2D eigenvalue weighted by Gasteiger charge is -2.31. The minimum absolute atomic E-state index is 0.0138. The van der Waals surface area contributed by atoms with Gasteiger partial charge in [0.25, 0.3) is 11.6 Å². The van der Waals surface area contributed by atoms with Crippen molar-refractivity contribution in [3.63, 3.8) is 0 Å². The zero-order chi connectivity index (χ0) is 23.7. The highest BCUT2D eigenvalue weighted by atomic mass is 32.1. The maximum atomic E-state index is 15.1. The molecule has 0 aliphatic heterocycles. The third-order valence-corrected chi connectivity index (χ3v) is 5.35. The van der Waals surface area contributed by atoms with Crippen molar-refractivity contribution in [3.8, 4) is 0 Å². The lowest BCUT2D eigenvalue weighted by atomic mass is 9.88. The van der Waals surface area contributed by atoms with E-state index in [0.29, 0.717) is 0 Å². The third-order valence-electron chi connectivity index (χ3n) is 4.42. The quantitative estimate of drug-likeness (QED) is 0.421. The Morgan fingerprint density at radius 2 is 1.72 bits per heavy atom. The van der Waals surface area contributed by atoms with Crippen LogP contribution < -0.4 is 16.0 Å². The summed E-state index contributed by atoms with van der Waals surface area (Å²) in [5, 5.41) is 16.3. The number of aliphatic hydroxyl groups is 1. The van der Waals surface area contributed by atoms with E-state index in [1.807, 2.05) is 0 Å². The molecule has 3 rings (SSSR count). The molecule has 2 unspecified atom stereocenters. The van der Waals surface area contributed by atoms with Gasteiger partial charge in [0.05, 0.1) is 10.2 Å². The Balaban J connectivity index is 1.88. The van der Waals surface area contributed by atoms with Crippen LogP contribution in [0.3, 0.4) is 0 Å². The van der Waals surface area contributed by atoms with Gasteiger partial charge in [-0.05, 0) is 36.4 Å². The van der Waals surface area contributed by atoms with E-state index in [1.165, 1.54) is 12.1 Å². The Bertz CT molecular complexity index is 1150. The number of benzene rings is 2. The zero-order valence-electron chi connectivity index (χ0n) is 16.1. The number of aliphatic hydroxyl groups excluding tert-OH is 1. The monoisotopic (exact) mass is 474 g/mol. The van der Waals surface area contributed by atoms with Crippen LogP contribution in [0.15, 0.2) is 42.5 Å². The predicted molar refractivity (Wildman–Crippen MR) is 108 cm³/mol. The molecule has 0 aliphatic rings. The Hall–Kier alpha value is -3.32. The Labute approximate surface area is 181 Å². The molecule has 3 aromatic rings. The van der Waals surface area contributed by atoms with E-state index in [4.69, 9.17) is 0 Å². The van der Waals surface area contributed by atoms with E-state index in [-0.39, 0.29) is 21.0 Å². The van der Waals surface area contributed by atoms with Crippen molar-refractivity contribution in [1.82, 2.24) is 10.3 Å². The zero-order valence-corrected chi connectivity index (χ0v) is 16.9. The number of urea groups is 1. The number of anilines is 2. The van der Waals surface area contributed by atoms with Crippen LogP contribution >= 0.6 is 11.3 Å². The summed E-state index contributed by atoms with van der Waals surface area (Å²) in [5.41, 5.74) is -4.95. The number of alkyl halides is 4. The van der Waals surface area contributed by atoms with Gasteiger partial charge in [0, 0.05) is 18.3 Å². The summed E-state index contributed by atoms with van der Waals surface area (Å²) in [5.74, 6) is -2.05. The number of aromatic nitrogens is 1. The number of carbonyl (C=O) groups is 2. The average Bonchev–Trinajstić information content (AvgIpc) is 3.13. The van der Waals surface area contributed by atoms with E-state index < -0.39 is 41.3 Å². The van der Waals surface area contributed by atoms with Crippen LogP contribution in [0, 0.1) is 5.82 Å². The highest BCUT2D eigenvalue weighted by Gasteiger charge is 2.64. The molecule has 1 aromatic heterocycles. The number of nitrogens with one attached hydrogen (secondary N) is 3. The first-order valence-electron chi connectivity index (χ1n) is 8.85. The van der Waals surface area contributed by atoms with Gasteiger partial charge in [0.2, 0.25) is 0 Å². The average molecular weight is 474 g/mol. The van der Waals surface area contributed by atoms with E-state index in [2.05, 4.69) is 15.6 Å². The van der Waals surface area contributed by atoms with Gasteiger partial charge in [-0.2, -0.15) is 13.2 Å². The molecule has 3 amide bonds. The van der Waals surface area contributed by atoms with Crippen molar-refractivity contribution >= 4 is 44.3 Å². The van der Waals surface area contributed by atoms with Crippen molar-refractivity contribution in [2.24, 2.45) is 0 Å². The van der Waals surface area contributed by atoms with E-state index in [1.54, 1.807) is 5.32 Å². The van der Waals surface area contributed by atoms with Crippen LogP contribution in [0.25, 0.3) is 10.2 Å². The molecule has 13 heteroatoms. The second-order valence-corrected chi connectivity index (χ2v) is 7.54. The molecule has 0 fully saturated rings. The minimum Gasteiger partial charge on any atom is -0.379 e. The summed E-state index contributed by atoms with van der Waals surface area (Å²) in [4.78, 5) is 27.6. The fraction of sp³-hybridized carbons (Fsp3) is 0.211. The number of carbonyl (C=O) groups excluding carboxylic acids is 2. The lowest BCUT2D eigenvalue weighted by molar-refractivity contribution is -0.263. The molecular formula is C19H15F5N4O3S. The number of hydrogen-bond donors (Lipinski definition) is 4. The van der Waals surface area contributed by atoms with Crippen LogP contribution in [0.5, 0.6) is 0 Å². The number of hydrogen-bond acceptors (Lipinski definition) is 5. The molecule has 2 aromatic carbocycles. The summed E-state index contributed by atoms with van der Waals surface area (Å²) < 4.78 is 68.7. The lowest BCUT2D eigenvalue weighted by Crippen LogP contribution is -2.54. The molecular weight excluding hydrogens is 459 g/mol. The van der Waals surface area contributed by atoms with E-state index in [0.717, 1.165) is 48.7 Å². The maximum Gasteiger partial charge on any atom is 0.429 e. The summed E-state index contributed by atoms with van der Waals surface area (Å²) >= 11 is 0.746. The normalized spacial score (nSPS) is 14.5. The SMILES string of the molecule is CNC(=O)C(O)C(F)(c1ccc2nc(NC(=O)Nc3ccc(F)cc3)sc2c1)C(F)(F)F. The number of fused-ring (bicyclic) bond motifs is 1. The van der Waals surface area contributed by atoms with Crippen LogP contribution in [0.2, 0.25) is 0 Å². The van der Waals surface area contributed by atoms with Gasteiger partial charge >= 0.3 is 12.2 Å². The van der Waals surface area contributed by atoms with Crippen molar-refractivity contribution in [3.05, 3.63) is 53.8 Å². The van der Waals surface area contributed by atoms with Crippen molar-refractivity contribution in [2.75, 3.05) is 17.7 Å². The van der Waals surface area contributed by atoms with Crippen LogP contribution in [-0.2, 0) is 10.5 Å². The number of halogens is 5.